The van der Waals surface area contributed by atoms with Crippen molar-refractivity contribution >= 4 is 23.1 Å². The molecular formula is C20H19F2N3OS. The van der Waals surface area contributed by atoms with Crippen molar-refractivity contribution < 1.29 is 13.5 Å². The van der Waals surface area contributed by atoms with E-state index in [-0.39, 0.29) is 16.5 Å². The van der Waals surface area contributed by atoms with Crippen molar-refractivity contribution in [2.24, 2.45) is 5.92 Å². The van der Waals surface area contributed by atoms with Gasteiger partial charge in [0.25, 0.3) is 0 Å². The standard InChI is InChI=1S/C20H19F2N3OS/c1-4-26-14-7-5-6-13(8-14)25-19-17(21)15(9-23)16(10-24)18(22)20(19)27-11-12(2)3/h5-8,12,25H,4,11H2,1-3H3. The number of benzene rings is 2. The molecule has 0 aliphatic heterocycles. The van der Waals surface area contributed by atoms with Crippen molar-refractivity contribution in [2.45, 2.75) is 25.7 Å². The lowest BCUT2D eigenvalue weighted by molar-refractivity contribution is 0.340. The highest BCUT2D eigenvalue weighted by molar-refractivity contribution is 7.99. The van der Waals surface area contributed by atoms with E-state index in [2.05, 4.69) is 5.32 Å². The molecule has 2 rings (SSSR count). The summed E-state index contributed by atoms with van der Waals surface area (Å²) in [6.07, 6.45) is 0. The maximum absolute atomic E-state index is 15.0. The molecule has 0 aromatic heterocycles. The molecule has 2 aromatic rings. The third kappa shape index (κ3) is 4.69. The van der Waals surface area contributed by atoms with Crippen molar-refractivity contribution in [1.29, 1.82) is 10.5 Å². The summed E-state index contributed by atoms with van der Waals surface area (Å²) in [6.45, 7) is 6.22. The Balaban J connectivity index is 2.59. The molecule has 0 saturated heterocycles. The number of nitrogens with zero attached hydrogens (tertiary/aromatic N) is 2. The molecule has 0 atom stereocenters. The summed E-state index contributed by atoms with van der Waals surface area (Å²) in [5.74, 6) is -0.490. The lowest BCUT2D eigenvalue weighted by Gasteiger charge is -2.17. The van der Waals surface area contributed by atoms with Crippen LogP contribution in [-0.2, 0) is 0 Å². The molecule has 140 valence electrons. The fourth-order valence-corrected chi connectivity index (χ4v) is 3.36. The van der Waals surface area contributed by atoms with Gasteiger partial charge in [0.15, 0.2) is 11.6 Å². The summed E-state index contributed by atoms with van der Waals surface area (Å²) < 4.78 is 35.3. The zero-order valence-corrected chi connectivity index (χ0v) is 16.1. The molecular weight excluding hydrogens is 368 g/mol. The van der Waals surface area contributed by atoms with Crippen LogP contribution in [0.3, 0.4) is 0 Å². The number of ether oxygens (including phenoxy) is 1. The molecule has 4 nitrogen and oxygen atoms in total. The molecule has 7 heteroatoms. The maximum Gasteiger partial charge on any atom is 0.167 e. The van der Waals surface area contributed by atoms with E-state index in [0.717, 1.165) is 11.8 Å². The molecule has 0 unspecified atom stereocenters. The molecule has 1 N–H and O–H groups in total. The van der Waals surface area contributed by atoms with Crippen LogP contribution in [0.25, 0.3) is 0 Å². The van der Waals surface area contributed by atoms with Crippen LogP contribution < -0.4 is 10.1 Å². The number of hydrogen-bond donors (Lipinski definition) is 1. The van der Waals surface area contributed by atoms with Crippen LogP contribution in [0.15, 0.2) is 29.2 Å². The van der Waals surface area contributed by atoms with Crippen LogP contribution in [-0.4, -0.2) is 12.4 Å². The van der Waals surface area contributed by atoms with E-state index < -0.39 is 22.8 Å². The molecule has 2 aromatic carbocycles. The third-order valence-corrected chi connectivity index (χ3v) is 5.04. The SMILES string of the molecule is CCOc1cccc(Nc2c(F)c(C#N)c(C#N)c(F)c2SCC(C)C)c1. The second-order valence-electron chi connectivity index (χ2n) is 6.10. The third-order valence-electron chi connectivity index (χ3n) is 3.53. The maximum atomic E-state index is 15.0. The van der Waals surface area contributed by atoms with Crippen LogP contribution in [0.4, 0.5) is 20.2 Å². The van der Waals surface area contributed by atoms with Crippen molar-refractivity contribution in [3.8, 4) is 17.9 Å². The van der Waals surface area contributed by atoms with Gasteiger partial charge in [-0.05, 0) is 25.0 Å². The van der Waals surface area contributed by atoms with Crippen LogP contribution in [0.5, 0.6) is 5.75 Å². The first-order chi connectivity index (χ1) is 12.9. The monoisotopic (exact) mass is 387 g/mol. The zero-order valence-electron chi connectivity index (χ0n) is 15.3. The topological polar surface area (TPSA) is 68.8 Å². The van der Waals surface area contributed by atoms with Gasteiger partial charge >= 0.3 is 0 Å². The minimum Gasteiger partial charge on any atom is -0.494 e. The first kappa shape index (κ1) is 20.5. The number of hydrogen-bond acceptors (Lipinski definition) is 5. The Labute approximate surface area is 161 Å². The first-order valence-electron chi connectivity index (χ1n) is 8.40. The molecule has 27 heavy (non-hydrogen) atoms. The minimum atomic E-state index is -0.941. The zero-order chi connectivity index (χ0) is 20.0. The number of rotatable bonds is 7. The van der Waals surface area contributed by atoms with E-state index in [1.165, 1.54) is 0 Å². The summed E-state index contributed by atoms with van der Waals surface area (Å²) in [4.78, 5) is -0.0152. The number of halogens is 2. The molecule has 0 radical (unpaired) electrons. The fourth-order valence-electron chi connectivity index (χ4n) is 2.35. The van der Waals surface area contributed by atoms with E-state index in [1.54, 1.807) is 36.4 Å². The Morgan fingerprint density at radius 2 is 1.81 bits per heavy atom. The van der Waals surface area contributed by atoms with Gasteiger partial charge in [-0.1, -0.05) is 19.9 Å². The number of thioether (sulfide) groups is 1. The van der Waals surface area contributed by atoms with Gasteiger partial charge in [-0.25, -0.2) is 8.78 Å². The summed E-state index contributed by atoms with van der Waals surface area (Å²) in [7, 11) is 0. The van der Waals surface area contributed by atoms with Gasteiger partial charge in [-0.15, -0.1) is 11.8 Å². The molecule has 0 heterocycles. The highest BCUT2D eigenvalue weighted by Crippen LogP contribution is 2.39. The molecule has 0 amide bonds. The van der Waals surface area contributed by atoms with Crippen molar-refractivity contribution in [3.63, 3.8) is 0 Å². The lowest BCUT2D eigenvalue weighted by Crippen LogP contribution is -2.06. The van der Waals surface area contributed by atoms with Gasteiger partial charge in [-0.2, -0.15) is 10.5 Å². The average molecular weight is 387 g/mol. The van der Waals surface area contributed by atoms with E-state index in [0.29, 0.717) is 23.8 Å². The summed E-state index contributed by atoms with van der Waals surface area (Å²) in [5, 5.41) is 21.2. The lowest BCUT2D eigenvalue weighted by atomic mass is 10.1. The quantitative estimate of drug-likeness (QED) is 0.627. The summed E-state index contributed by atoms with van der Waals surface area (Å²) in [6, 6.07) is 10.0. The van der Waals surface area contributed by atoms with E-state index >= 15 is 0 Å². The van der Waals surface area contributed by atoms with E-state index in [1.807, 2.05) is 20.8 Å². The van der Waals surface area contributed by atoms with Crippen LogP contribution >= 0.6 is 11.8 Å². The molecule has 0 spiro atoms. The van der Waals surface area contributed by atoms with Gasteiger partial charge < -0.3 is 10.1 Å². The highest BCUT2D eigenvalue weighted by atomic mass is 32.2. The van der Waals surface area contributed by atoms with Gasteiger partial charge in [-0.3, -0.25) is 0 Å². The summed E-state index contributed by atoms with van der Waals surface area (Å²) >= 11 is 1.11. The average Bonchev–Trinajstić information content (AvgIpc) is 2.64. The minimum absolute atomic E-state index is 0.0152. The molecule has 0 aliphatic carbocycles. The van der Waals surface area contributed by atoms with Crippen LogP contribution in [0, 0.1) is 40.2 Å². The van der Waals surface area contributed by atoms with E-state index in [4.69, 9.17) is 4.74 Å². The molecule has 0 fully saturated rings. The smallest absolute Gasteiger partial charge is 0.167 e. The number of nitrogens with one attached hydrogen (secondary N) is 1. The Bertz CT molecular complexity index is 917. The van der Waals surface area contributed by atoms with Crippen molar-refractivity contribution in [1.82, 2.24) is 0 Å². The largest absolute Gasteiger partial charge is 0.494 e. The van der Waals surface area contributed by atoms with Crippen molar-refractivity contribution in [3.05, 3.63) is 47.0 Å². The van der Waals surface area contributed by atoms with Gasteiger partial charge in [0.05, 0.1) is 17.2 Å². The van der Waals surface area contributed by atoms with Crippen molar-refractivity contribution in [2.75, 3.05) is 17.7 Å². The molecule has 0 bridgehead atoms. The molecule has 0 aliphatic rings. The highest BCUT2D eigenvalue weighted by Gasteiger charge is 2.25. The number of anilines is 2. The molecule has 0 saturated carbocycles. The Kier molecular flexibility index (Phi) is 7.04. The Morgan fingerprint density at radius 3 is 2.41 bits per heavy atom. The second kappa shape index (κ2) is 9.25. The van der Waals surface area contributed by atoms with Crippen LogP contribution in [0.2, 0.25) is 0 Å². The van der Waals surface area contributed by atoms with E-state index in [9.17, 15) is 19.3 Å². The number of nitriles is 2. The predicted molar refractivity (Wildman–Crippen MR) is 102 cm³/mol. The summed E-state index contributed by atoms with van der Waals surface area (Å²) in [5.41, 5.74) is -0.844. The predicted octanol–water partition coefficient (Wildman–Crippen LogP) is 5.60. The first-order valence-corrected chi connectivity index (χ1v) is 9.39. The van der Waals surface area contributed by atoms with Gasteiger partial charge in [0.1, 0.15) is 29.0 Å². The van der Waals surface area contributed by atoms with Gasteiger partial charge in [0.2, 0.25) is 0 Å². The second-order valence-corrected chi connectivity index (χ2v) is 7.13. The normalized spacial score (nSPS) is 10.4. The van der Waals surface area contributed by atoms with Crippen LogP contribution in [0.1, 0.15) is 31.9 Å². The fraction of sp³-hybridized carbons (Fsp3) is 0.300. The van der Waals surface area contributed by atoms with Gasteiger partial charge in [0, 0.05) is 17.5 Å². The Hall–Kier alpha value is -2.77. The Morgan fingerprint density at radius 1 is 1.15 bits per heavy atom.